The molecule has 0 unspecified atom stereocenters. The molecular formula is C20H21BrN2O6S. The van der Waals surface area contributed by atoms with Crippen LogP contribution < -0.4 is 14.2 Å². The van der Waals surface area contributed by atoms with Gasteiger partial charge in [0.25, 0.3) is 5.91 Å². The van der Waals surface area contributed by atoms with Gasteiger partial charge in [0.15, 0.2) is 18.1 Å². The third-order valence-corrected chi connectivity index (χ3v) is 7.48. The molecule has 2 heterocycles. The first-order valence-corrected chi connectivity index (χ1v) is 11.7. The van der Waals surface area contributed by atoms with E-state index in [1.807, 2.05) is 18.2 Å². The van der Waals surface area contributed by atoms with Crippen molar-refractivity contribution >= 4 is 31.9 Å². The molecule has 1 amide bonds. The van der Waals surface area contributed by atoms with Crippen molar-refractivity contribution in [1.82, 2.24) is 9.21 Å². The Morgan fingerprint density at radius 2 is 1.70 bits per heavy atom. The van der Waals surface area contributed by atoms with E-state index < -0.39 is 10.0 Å². The fourth-order valence-corrected chi connectivity index (χ4v) is 5.14. The summed E-state index contributed by atoms with van der Waals surface area (Å²) in [4.78, 5) is 14.2. The summed E-state index contributed by atoms with van der Waals surface area (Å²) >= 11 is 3.38. The molecule has 0 N–H and O–H groups in total. The average Bonchev–Trinajstić information content (AvgIpc) is 2.78. The number of carbonyl (C=O) groups is 1. The van der Waals surface area contributed by atoms with Gasteiger partial charge in [-0.1, -0.05) is 12.1 Å². The molecule has 0 bridgehead atoms. The number of piperazine rings is 1. The van der Waals surface area contributed by atoms with Crippen LogP contribution >= 0.6 is 15.9 Å². The molecule has 1 fully saturated rings. The highest BCUT2D eigenvalue weighted by atomic mass is 79.9. The lowest BCUT2D eigenvalue weighted by Gasteiger charge is -2.34. The van der Waals surface area contributed by atoms with Crippen LogP contribution in [-0.2, 0) is 14.8 Å². The second-order valence-electron chi connectivity index (χ2n) is 6.81. The van der Waals surface area contributed by atoms with Crippen LogP contribution in [0.2, 0.25) is 0 Å². The zero-order valence-electron chi connectivity index (χ0n) is 16.1. The van der Waals surface area contributed by atoms with Gasteiger partial charge in [0.05, 0.1) is 9.37 Å². The Hall–Kier alpha value is -2.30. The van der Waals surface area contributed by atoms with Crippen LogP contribution in [0, 0.1) is 0 Å². The molecule has 0 aromatic heterocycles. The number of fused-ring (bicyclic) bond motifs is 1. The van der Waals surface area contributed by atoms with Gasteiger partial charge in [0.1, 0.15) is 19.0 Å². The zero-order chi connectivity index (χ0) is 21.1. The van der Waals surface area contributed by atoms with Gasteiger partial charge >= 0.3 is 0 Å². The van der Waals surface area contributed by atoms with Gasteiger partial charge in [-0.25, -0.2) is 8.42 Å². The number of hydrogen-bond acceptors (Lipinski definition) is 6. The maximum Gasteiger partial charge on any atom is 0.260 e. The van der Waals surface area contributed by atoms with Crippen molar-refractivity contribution in [3.05, 3.63) is 46.9 Å². The van der Waals surface area contributed by atoms with Gasteiger partial charge in [-0.2, -0.15) is 4.31 Å². The van der Waals surface area contributed by atoms with Gasteiger partial charge in [0.2, 0.25) is 10.0 Å². The molecule has 0 radical (unpaired) electrons. The Kier molecular flexibility index (Phi) is 6.16. The lowest BCUT2D eigenvalue weighted by Crippen LogP contribution is -2.51. The van der Waals surface area contributed by atoms with Crippen LogP contribution in [0.1, 0.15) is 0 Å². The molecule has 4 rings (SSSR count). The number of amides is 1. The number of sulfonamides is 1. The molecule has 0 aliphatic carbocycles. The molecule has 30 heavy (non-hydrogen) atoms. The Morgan fingerprint density at radius 3 is 2.43 bits per heavy atom. The summed E-state index contributed by atoms with van der Waals surface area (Å²) in [6.07, 6.45) is 0. The Morgan fingerprint density at radius 1 is 1.00 bits per heavy atom. The van der Waals surface area contributed by atoms with Crippen molar-refractivity contribution in [2.75, 3.05) is 46.0 Å². The van der Waals surface area contributed by atoms with Crippen LogP contribution in [0.3, 0.4) is 0 Å². The summed E-state index contributed by atoms with van der Waals surface area (Å²) in [5, 5.41) is 0. The smallest absolute Gasteiger partial charge is 0.260 e. The van der Waals surface area contributed by atoms with E-state index >= 15 is 0 Å². The van der Waals surface area contributed by atoms with Crippen LogP contribution in [0.15, 0.2) is 51.8 Å². The molecule has 2 aliphatic rings. The number of para-hydroxylation sites is 1. The van der Waals surface area contributed by atoms with Crippen LogP contribution in [0.25, 0.3) is 0 Å². The van der Waals surface area contributed by atoms with Crippen molar-refractivity contribution < 1.29 is 27.4 Å². The number of halogens is 1. The summed E-state index contributed by atoms with van der Waals surface area (Å²) in [5.41, 5.74) is 0. The molecule has 0 atom stereocenters. The molecule has 0 saturated carbocycles. The van der Waals surface area contributed by atoms with Crippen LogP contribution in [0.5, 0.6) is 17.2 Å². The van der Waals surface area contributed by atoms with Gasteiger partial charge in [-0.05, 0) is 40.2 Å². The second kappa shape index (κ2) is 8.83. The lowest BCUT2D eigenvalue weighted by molar-refractivity contribution is -0.134. The normalized spacial score (nSPS) is 16.9. The van der Waals surface area contributed by atoms with E-state index in [2.05, 4.69) is 15.9 Å². The molecule has 2 aromatic rings. The van der Waals surface area contributed by atoms with Gasteiger partial charge < -0.3 is 19.1 Å². The Bertz CT molecular complexity index is 1040. The number of hydrogen-bond donors (Lipinski definition) is 0. The second-order valence-corrected chi connectivity index (χ2v) is 9.60. The number of ether oxygens (including phenoxy) is 3. The minimum atomic E-state index is -3.68. The highest BCUT2D eigenvalue weighted by Gasteiger charge is 2.31. The predicted octanol–water partition coefficient (Wildman–Crippen LogP) is 2.13. The Labute approximate surface area is 183 Å². The summed E-state index contributed by atoms with van der Waals surface area (Å²) in [6, 6.07) is 11.9. The van der Waals surface area contributed by atoms with E-state index in [1.165, 1.54) is 16.4 Å². The summed E-state index contributed by atoms with van der Waals surface area (Å²) in [5.74, 6) is 1.38. The fourth-order valence-electron chi connectivity index (χ4n) is 3.30. The van der Waals surface area contributed by atoms with Crippen molar-refractivity contribution in [1.29, 1.82) is 0 Å². The van der Waals surface area contributed by atoms with Gasteiger partial charge in [0, 0.05) is 32.2 Å². The van der Waals surface area contributed by atoms with Crippen LogP contribution in [0.4, 0.5) is 0 Å². The molecule has 160 valence electrons. The van der Waals surface area contributed by atoms with Crippen LogP contribution in [-0.4, -0.2) is 69.5 Å². The predicted molar refractivity (Wildman–Crippen MR) is 112 cm³/mol. The van der Waals surface area contributed by atoms with Crippen molar-refractivity contribution in [3.63, 3.8) is 0 Å². The first-order valence-electron chi connectivity index (χ1n) is 9.50. The van der Waals surface area contributed by atoms with E-state index in [9.17, 15) is 13.2 Å². The molecule has 8 nitrogen and oxygen atoms in total. The summed E-state index contributed by atoms with van der Waals surface area (Å²) in [6.45, 7) is 1.79. The summed E-state index contributed by atoms with van der Waals surface area (Å²) < 4.78 is 44.7. The molecule has 2 aliphatic heterocycles. The Balaban J connectivity index is 1.35. The van der Waals surface area contributed by atoms with Crippen molar-refractivity contribution in [2.24, 2.45) is 0 Å². The molecular weight excluding hydrogens is 476 g/mol. The first kappa shape index (κ1) is 21.0. The maximum absolute atomic E-state index is 13.0. The zero-order valence-corrected chi connectivity index (χ0v) is 18.5. The maximum atomic E-state index is 13.0. The minimum Gasteiger partial charge on any atom is -0.486 e. The first-order chi connectivity index (χ1) is 14.4. The largest absolute Gasteiger partial charge is 0.486 e. The molecule has 2 aromatic carbocycles. The SMILES string of the molecule is O=C(COc1ccccc1Br)N1CCN(S(=O)(=O)c2ccc3c(c2)OCCO3)CC1. The summed E-state index contributed by atoms with van der Waals surface area (Å²) in [7, 11) is -3.68. The standard InChI is InChI=1S/C20H21BrN2O6S/c21-16-3-1-2-4-17(16)29-14-20(24)22-7-9-23(10-8-22)30(25,26)15-5-6-18-19(13-15)28-12-11-27-18/h1-6,13H,7-12,14H2. The van der Waals surface area contributed by atoms with Gasteiger partial charge in [-0.3, -0.25) is 4.79 Å². The number of carbonyl (C=O) groups excluding carboxylic acids is 1. The third-order valence-electron chi connectivity index (χ3n) is 4.93. The number of nitrogens with zero attached hydrogens (tertiary/aromatic N) is 2. The van der Waals surface area contributed by atoms with Crippen molar-refractivity contribution in [2.45, 2.75) is 4.90 Å². The number of benzene rings is 2. The van der Waals surface area contributed by atoms with E-state index in [0.29, 0.717) is 43.6 Å². The minimum absolute atomic E-state index is 0.0997. The van der Waals surface area contributed by atoms with E-state index in [4.69, 9.17) is 14.2 Å². The van der Waals surface area contributed by atoms with Crippen molar-refractivity contribution in [3.8, 4) is 17.2 Å². The van der Waals surface area contributed by atoms with Gasteiger partial charge in [-0.15, -0.1) is 0 Å². The fraction of sp³-hybridized carbons (Fsp3) is 0.350. The lowest BCUT2D eigenvalue weighted by atomic mass is 10.3. The highest BCUT2D eigenvalue weighted by molar-refractivity contribution is 9.10. The topological polar surface area (TPSA) is 85.4 Å². The molecule has 10 heteroatoms. The van der Waals surface area contributed by atoms with E-state index in [0.717, 1.165) is 4.47 Å². The monoisotopic (exact) mass is 496 g/mol. The van der Waals surface area contributed by atoms with E-state index in [1.54, 1.807) is 17.0 Å². The quantitative estimate of drug-likeness (QED) is 0.630. The third kappa shape index (κ3) is 4.40. The molecule has 1 saturated heterocycles. The highest BCUT2D eigenvalue weighted by Crippen LogP contribution is 2.33. The number of rotatable bonds is 5. The molecule has 0 spiro atoms. The average molecular weight is 497 g/mol. The van der Waals surface area contributed by atoms with E-state index in [-0.39, 0.29) is 30.5 Å².